The number of carbonyl (C=O) groups is 1. The van der Waals surface area contributed by atoms with E-state index in [4.69, 9.17) is 4.74 Å². The summed E-state index contributed by atoms with van der Waals surface area (Å²) in [5, 5.41) is 2.72. The second-order valence-corrected chi connectivity index (χ2v) is 5.68. The molecule has 0 unspecified atom stereocenters. The molecule has 93 valence electrons. The standard InChI is InChI=1S/C13H18NO2S/c1-13(2,3)16-12(15)14-9-10-17-11-7-5-4-6-8-11/h5-8H,9-10H2,1-3H3,(H,14,15). The van der Waals surface area contributed by atoms with Gasteiger partial charge in [-0.3, -0.25) is 0 Å². The van der Waals surface area contributed by atoms with Crippen molar-refractivity contribution in [1.82, 2.24) is 5.32 Å². The first kappa shape index (κ1) is 13.9. The number of rotatable bonds is 4. The van der Waals surface area contributed by atoms with E-state index < -0.39 is 5.60 Å². The Kier molecular flexibility index (Phi) is 5.35. The summed E-state index contributed by atoms with van der Waals surface area (Å²) in [6.45, 7) is 6.14. The normalized spacial score (nSPS) is 11.0. The van der Waals surface area contributed by atoms with Crippen molar-refractivity contribution in [2.45, 2.75) is 31.3 Å². The van der Waals surface area contributed by atoms with Gasteiger partial charge < -0.3 is 10.1 Å². The molecule has 4 heteroatoms. The van der Waals surface area contributed by atoms with Crippen molar-refractivity contribution in [3.63, 3.8) is 0 Å². The maximum absolute atomic E-state index is 11.3. The average molecular weight is 252 g/mol. The van der Waals surface area contributed by atoms with Gasteiger partial charge in [-0.2, -0.15) is 0 Å². The van der Waals surface area contributed by atoms with Crippen molar-refractivity contribution in [3.05, 3.63) is 30.3 Å². The van der Waals surface area contributed by atoms with Gasteiger partial charge in [0.2, 0.25) is 0 Å². The summed E-state index contributed by atoms with van der Waals surface area (Å²) in [5.41, 5.74) is -0.438. The summed E-state index contributed by atoms with van der Waals surface area (Å²) >= 11 is 1.69. The van der Waals surface area contributed by atoms with E-state index >= 15 is 0 Å². The Morgan fingerprint density at radius 1 is 1.41 bits per heavy atom. The Bertz CT molecular complexity index is 346. The summed E-state index contributed by atoms with van der Waals surface area (Å²) in [6, 6.07) is 10.7. The SMILES string of the molecule is CC(C)(C)OC(=O)NCCSc1cc[c]cc1. The lowest BCUT2D eigenvalue weighted by Gasteiger charge is -2.19. The number of hydrogen-bond donors (Lipinski definition) is 1. The van der Waals surface area contributed by atoms with Crippen LogP contribution in [0.2, 0.25) is 0 Å². The molecule has 1 radical (unpaired) electrons. The molecule has 1 N–H and O–H groups in total. The van der Waals surface area contributed by atoms with E-state index in [1.807, 2.05) is 45.0 Å². The first-order chi connectivity index (χ1) is 7.97. The summed E-state index contributed by atoms with van der Waals surface area (Å²) in [6.07, 6.45) is -0.362. The van der Waals surface area contributed by atoms with Crippen molar-refractivity contribution in [1.29, 1.82) is 0 Å². The zero-order valence-electron chi connectivity index (χ0n) is 10.4. The van der Waals surface area contributed by atoms with Gasteiger partial charge in [-0.25, -0.2) is 4.79 Å². The third-order valence-corrected chi connectivity index (χ3v) is 2.74. The number of benzene rings is 1. The quantitative estimate of drug-likeness (QED) is 0.661. The lowest BCUT2D eigenvalue weighted by molar-refractivity contribution is 0.0531. The highest BCUT2D eigenvalue weighted by molar-refractivity contribution is 7.99. The Morgan fingerprint density at radius 2 is 2.06 bits per heavy atom. The minimum atomic E-state index is -0.438. The molecule has 0 saturated heterocycles. The molecule has 0 aliphatic rings. The third kappa shape index (κ3) is 6.89. The van der Waals surface area contributed by atoms with Gasteiger partial charge in [0.15, 0.2) is 0 Å². The highest BCUT2D eigenvalue weighted by atomic mass is 32.2. The van der Waals surface area contributed by atoms with Crippen LogP contribution in [0.3, 0.4) is 0 Å². The van der Waals surface area contributed by atoms with Crippen molar-refractivity contribution in [2.75, 3.05) is 12.3 Å². The fraction of sp³-hybridized carbons (Fsp3) is 0.462. The Balaban J connectivity index is 2.14. The fourth-order valence-electron chi connectivity index (χ4n) is 1.10. The summed E-state index contributed by atoms with van der Waals surface area (Å²) in [4.78, 5) is 12.5. The molecule has 1 amide bonds. The van der Waals surface area contributed by atoms with Gasteiger partial charge in [-0.05, 0) is 39.0 Å². The van der Waals surface area contributed by atoms with Crippen molar-refractivity contribution in [2.24, 2.45) is 0 Å². The van der Waals surface area contributed by atoms with Crippen molar-refractivity contribution in [3.8, 4) is 0 Å². The lowest BCUT2D eigenvalue weighted by atomic mass is 10.2. The number of hydrogen-bond acceptors (Lipinski definition) is 3. The molecule has 0 spiro atoms. The van der Waals surface area contributed by atoms with Gasteiger partial charge in [0.1, 0.15) is 5.60 Å². The highest BCUT2D eigenvalue weighted by Gasteiger charge is 2.15. The van der Waals surface area contributed by atoms with Crippen LogP contribution in [0.5, 0.6) is 0 Å². The molecule has 1 rings (SSSR count). The maximum Gasteiger partial charge on any atom is 0.407 e. The second-order valence-electron chi connectivity index (χ2n) is 4.51. The molecular formula is C13H18NO2S. The molecule has 1 aromatic carbocycles. The van der Waals surface area contributed by atoms with Crippen LogP contribution >= 0.6 is 11.8 Å². The number of nitrogens with one attached hydrogen (secondary N) is 1. The van der Waals surface area contributed by atoms with Gasteiger partial charge in [-0.1, -0.05) is 12.1 Å². The number of thioether (sulfide) groups is 1. The lowest BCUT2D eigenvalue weighted by Crippen LogP contribution is -2.33. The van der Waals surface area contributed by atoms with Crippen LogP contribution in [0.25, 0.3) is 0 Å². The van der Waals surface area contributed by atoms with E-state index in [1.54, 1.807) is 11.8 Å². The number of carbonyl (C=O) groups excluding carboxylic acids is 1. The molecule has 0 bridgehead atoms. The molecule has 0 aliphatic heterocycles. The molecule has 0 aliphatic carbocycles. The number of ether oxygens (including phenoxy) is 1. The van der Waals surface area contributed by atoms with Gasteiger partial charge in [0.25, 0.3) is 0 Å². The monoisotopic (exact) mass is 252 g/mol. The van der Waals surface area contributed by atoms with E-state index in [0.717, 1.165) is 5.75 Å². The Hall–Kier alpha value is -1.16. The van der Waals surface area contributed by atoms with Crippen LogP contribution in [0.1, 0.15) is 20.8 Å². The van der Waals surface area contributed by atoms with Crippen LogP contribution in [-0.4, -0.2) is 24.0 Å². The van der Waals surface area contributed by atoms with Gasteiger partial charge >= 0.3 is 6.09 Å². The van der Waals surface area contributed by atoms with E-state index in [1.165, 1.54) is 4.90 Å². The first-order valence-electron chi connectivity index (χ1n) is 5.53. The van der Waals surface area contributed by atoms with E-state index in [9.17, 15) is 4.79 Å². The Labute approximate surface area is 107 Å². The molecule has 0 aromatic heterocycles. The minimum Gasteiger partial charge on any atom is -0.444 e. The molecule has 0 heterocycles. The molecule has 0 fully saturated rings. The molecular weight excluding hydrogens is 234 g/mol. The molecule has 1 aromatic rings. The van der Waals surface area contributed by atoms with Crippen LogP contribution in [-0.2, 0) is 4.74 Å². The van der Waals surface area contributed by atoms with Gasteiger partial charge in [-0.15, -0.1) is 11.8 Å². The van der Waals surface area contributed by atoms with Crippen LogP contribution < -0.4 is 5.32 Å². The molecule has 0 atom stereocenters. The number of alkyl carbamates (subject to hydrolysis) is 1. The van der Waals surface area contributed by atoms with E-state index in [0.29, 0.717) is 6.54 Å². The predicted molar refractivity (Wildman–Crippen MR) is 70.2 cm³/mol. The molecule has 0 saturated carbocycles. The zero-order chi connectivity index (χ0) is 12.7. The maximum atomic E-state index is 11.3. The predicted octanol–water partition coefficient (Wildman–Crippen LogP) is 3.10. The third-order valence-electron chi connectivity index (χ3n) is 1.73. The van der Waals surface area contributed by atoms with Crippen molar-refractivity contribution < 1.29 is 9.53 Å². The smallest absolute Gasteiger partial charge is 0.407 e. The van der Waals surface area contributed by atoms with Gasteiger partial charge in [0, 0.05) is 17.2 Å². The fourth-order valence-corrected chi connectivity index (χ4v) is 1.87. The van der Waals surface area contributed by atoms with Crippen LogP contribution in [0.15, 0.2) is 29.2 Å². The van der Waals surface area contributed by atoms with Crippen LogP contribution in [0, 0.1) is 6.07 Å². The van der Waals surface area contributed by atoms with E-state index in [-0.39, 0.29) is 6.09 Å². The van der Waals surface area contributed by atoms with Crippen molar-refractivity contribution >= 4 is 17.9 Å². The first-order valence-corrected chi connectivity index (χ1v) is 6.52. The zero-order valence-corrected chi connectivity index (χ0v) is 11.3. The number of amides is 1. The Morgan fingerprint density at radius 3 is 2.65 bits per heavy atom. The topological polar surface area (TPSA) is 38.3 Å². The minimum absolute atomic E-state index is 0.362. The highest BCUT2D eigenvalue weighted by Crippen LogP contribution is 2.15. The largest absolute Gasteiger partial charge is 0.444 e. The summed E-state index contributed by atoms with van der Waals surface area (Å²) < 4.78 is 5.13. The summed E-state index contributed by atoms with van der Waals surface area (Å²) in [5.74, 6) is 0.823. The second kappa shape index (κ2) is 6.55. The van der Waals surface area contributed by atoms with Gasteiger partial charge in [0.05, 0.1) is 0 Å². The molecule has 17 heavy (non-hydrogen) atoms. The van der Waals surface area contributed by atoms with Crippen LogP contribution in [0.4, 0.5) is 4.79 Å². The van der Waals surface area contributed by atoms with E-state index in [2.05, 4.69) is 11.4 Å². The molecule has 3 nitrogen and oxygen atoms in total. The average Bonchev–Trinajstić information content (AvgIpc) is 2.23. The summed E-state index contributed by atoms with van der Waals surface area (Å²) in [7, 11) is 0.